The van der Waals surface area contributed by atoms with Crippen LogP contribution >= 0.6 is 0 Å². The summed E-state index contributed by atoms with van der Waals surface area (Å²) < 4.78 is 5.89. The molecule has 5 nitrogen and oxygen atoms in total. The highest BCUT2D eigenvalue weighted by Gasteiger charge is 2.42. The van der Waals surface area contributed by atoms with E-state index >= 15 is 0 Å². The van der Waals surface area contributed by atoms with E-state index in [-0.39, 0.29) is 6.61 Å². The molecule has 0 saturated carbocycles. The van der Waals surface area contributed by atoms with Crippen molar-refractivity contribution in [2.24, 2.45) is 0 Å². The summed E-state index contributed by atoms with van der Waals surface area (Å²) in [6, 6.07) is 32.5. The summed E-state index contributed by atoms with van der Waals surface area (Å²) in [5.41, 5.74) is 3.04. The number of aliphatic hydroxyl groups excluding tert-OH is 1. The van der Waals surface area contributed by atoms with Crippen LogP contribution in [0.25, 0.3) is 21.7 Å². The van der Waals surface area contributed by atoms with Gasteiger partial charge >= 0.3 is 0 Å². The van der Waals surface area contributed by atoms with Gasteiger partial charge in [0.15, 0.2) is 0 Å². The largest absolute Gasteiger partial charge is 0.481 e. The molecule has 1 heterocycles. The zero-order chi connectivity index (χ0) is 28.1. The van der Waals surface area contributed by atoms with E-state index in [9.17, 15) is 10.2 Å². The Balaban J connectivity index is 1.74. The van der Waals surface area contributed by atoms with Crippen molar-refractivity contribution in [3.05, 3.63) is 119 Å². The molecule has 5 rings (SSSR count). The van der Waals surface area contributed by atoms with Gasteiger partial charge < -0.3 is 19.8 Å². The predicted octanol–water partition coefficient (Wildman–Crippen LogP) is 6.64. The molecule has 4 aromatic carbocycles. The van der Waals surface area contributed by atoms with Gasteiger partial charge in [-0.05, 0) is 91.6 Å². The smallest absolute Gasteiger partial charge is 0.217 e. The number of ether oxygens (including phenoxy) is 1. The monoisotopic (exact) mass is 534 g/mol. The Hall–Kier alpha value is -3.77. The van der Waals surface area contributed by atoms with Crippen molar-refractivity contribution < 1.29 is 14.9 Å². The van der Waals surface area contributed by atoms with Gasteiger partial charge in [0.2, 0.25) is 5.88 Å². The molecule has 0 aliphatic rings. The second-order valence-corrected chi connectivity index (χ2v) is 10.9. The standard InChI is InChI=1S/C35H38N2O3/c1-37(2)20-10-9-19-35(39,30-17-16-26-11-7-8-14-28(26)22-30)33(27-12-5-4-6-13-27)31-23-29-21-25(24-38)15-18-32(29)36-34(31)40-3/h4-8,11-18,21-23,33,38-39H,9-10,19-20,24H2,1-3H3. The molecule has 206 valence electrons. The normalized spacial score (nSPS) is 13.9. The van der Waals surface area contributed by atoms with Crippen LogP contribution in [0.15, 0.2) is 97.1 Å². The molecular formula is C35H38N2O3. The number of pyridine rings is 1. The third-order valence-electron chi connectivity index (χ3n) is 7.83. The summed E-state index contributed by atoms with van der Waals surface area (Å²) >= 11 is 0. The first-order valence-corrected chi connectivity index (χ1v) is 13.9. The van der Waals surface area contributed by atoms with Crippen LogP contribution in [0.2, 0.25) is 0 Å². The maximum atomic E-state index is 13.0. The van der Waals surface area contributed by atoms with Gasteiger partial charge in [-0.25, -0.2) is 4.98 Å². The average Bonchev–Trinajstić information content (AvgIpc) is 2.99. The van der Waals surface area contributed by atoms with Crippen LogP contribution in [0.5, 0.6) is 5.88 Å². The number of hydrogen-bond donors (Lipinski definition) is 2. The Morgan fingerprint density at radius 2 is 1.57 bits per heavy atom. The van der Waals surface area contributed by atoms with E-state index in [1.54, 1.807) is 7.11 Å². The summed E-state index contributed by atoms with van der Waals surface area (Å²) in [4.78, 5) is 7.05. The molecule has 0 saturated heterocycles. The Morgan fingerprint density at radius 1 is 0.825 bits per heavy atom. The molecule has 0 aliphatic heterocycles. The number of benzene rings is 4. The SMILES string of the molecule is COc1nc2ccc(CO)cc2cc1C(c1ccccc1)C(O)(CCCCN(C)C)c1ccc2ccccc2c1. The molecule has 0 spiro atoms. The summed E-state index contributed by atoms with van der Waals surface area (Å²) in [7, 11) is 5.79. The fraction of sp³-hybridized carbons (Fsp3) is 0.286. The van der Waals surface area contributed by atoms with E-state index < -0.39 is 11.5 Å². The zero-order valence-electron chi connectivity index (χ0n) is 23.5. The molecule has 5 aromatic rings. The van der Waals surface area contributed by atoms with Crippen LogP contribution in [0, 0.1) is 0 Å². The second-order valence-electron chi connectivity index (χ2n) is 10.9. The van der Waals surface area contributed by atoms with Crippen molar-refractivity contribution in [1.29, 1.82) is 0 Å². The molecule has 2 unspecified atom stereocenters. The minimum Gasteiger partial charge on any atom is -0.481 e. The lowest BCUT2D eigenvalue weighted by Gasteiger charge is -2.38. The highest BCUT2D eigenvalue weighted by molar-refractivity contribution is 5.84. The molecule has 0 radical (unpaired) electrons. The van der Waals surface area contributed by atoms with Gasteiger partial charge in [0.1, 0.15) is 5.60 Å². The number of methoxy groups -OCH3 is 1. The first-order valence-electron chi connectivity index (χ1n) is 13.9. The first-order chi connectivity index (χ1) is 19.4. The van der Waals surface area contributed by atoms with Crippen LogP contribution in [-0.2, 0) is 12.2 Å². The number of nitrogens with zero attached hydrogens (tertiary/aromatic N) is 2. The fourth-order valence-electron chi connectivity index (χ4n) is 5.79. The van der Waals surface area contributed by atoms with Crippen molar-refractivity contribution in [2.75, 3.05) is 27.7 Å². The lowest BCUT2D eigenvalue weighted by atomic mass is 9.71. The van der Waals surface area contributed by atoms with Crippen LogP contribution in [0.1, 0.15) is 47.4 Å². The van der Waals surface area contributed by atoms with Gasteiger partial charge in [-0.15, -0.1) is 0 Å². The highest BCUT2D eigenvalue weighted by atomic mass is 16.5. The quantitative estimate of drug-likeness (QED) is 0.186. The second kappa shape index (κ2) is 12.2. The third kappa shape index (κ3) is 5.73. The number of aromatic nitrogens is 1. The Kier molecular flexibility index (Phi) is 8.46. The van der Waals surface area contributed by atoms with Crippen molar-refractivity contribution in [1.82, 2.24) is 9.88 Å². The summed E-state index contributed by atoms with van der Waals surface area (Å²) in [6.45, 7) is 0.904. The van der Waals surface area contributed by atoms with Crippen LogP contribution < -0.4 is 4.74 Å². The molecule has 0 fully saturated rings. The van der Waals surface area contributed by atoms with Crippen LogP contribution in [0.3, 0.4) is 0 Å². The van der Waals surface area contributed by atoms with E-state index in [2.05, 4.69) is 67.5 Å². The number of unbranched alkanes of at least 4 members (excludes halogenated alkanes) is 1. The fourth-order valence-corrected chi connectivity index (χ4v) is 5.79. The molecule has 2 atom stereocenters. The number of hydrogen-bond acceptors (Lipinski definition) is 5. The van der Waals surface area contributed by atoms with Crippen molar-refractivity contribution in [3.8, 4) is 5.88 Å². The molecule has 0 bridgehead atoms. The molecule has 1 aromatic heterocycles. The van der Waals surface area contributed by atoms with E-state index in [0.717, 1.165) is 63.3 Å². The lowest BCUT2D eigenvalue weighted by Crippen LogP contribution is -2.35. The maximum absolute atomic E-state index is 13.0. The lowest BCUT2D eigenvalue weighted by molar-refractivity contribution is 0.00690. The molecule has 0 amide bonds. The minimum absolute atomic E-state index is 0.0493. The Bertz CT molecular complexity index is 1580. The molecule has 40 heavy (non-hydrogen) atoms. The Labute approximate surface area is 236 Å². The molecular weight excluding hydrogens is 496 g/mol. The van der Waals surface area contributed by atoms with Gasteiger partial charge in [0.25, 0.3) is 0 Å². The highest BCUT2D eigenvalue weighted by Crippen LogP contribution is 2.48. The van der Waals surface area contributed by atoms with Gasteiger partial charge in [-0.3, -0.25) is 0 Å². The van der Waals surface area contributed by atoms with Crippen LogP contribution in [-0.4, -0.2) is 47.8 Å². The molecule has 2 N–H and O–H groups in total. The first kappa shape index (κ1) is 27.8. The van der Waals surface area contributed by atoms with E-state index in [4.69, 9.17) is 9.72 Å². The van der Waals surface area contributed by atoms with Crippen molar-refractivity contribution >= 4 is 21.7 Å². The number of fused-ring (bicyclic) bond motifs is 2. The average molecular weight is 535 g/mol. The van der Waals surface area contributed by atoms with Gasteiger partial charge in [0, 0.05) is 16.9 Å². The summed E-state index contributed by atoms with van der Waals surface area (Å²) in [6.07, 6.45) is 2.39. The van der Waals surface area contributed by atoms with Gasteiger partial charge in [0.05, 0.1) is 19.2 Å². The Morgan fingerprint density at radius 3 is 2.30 bits per heavy atom. The van der Waals surface area contributed by atoms with E-state index in [1.807, 2.05) is 48.5 Å². The molecule has 5 heteroatoms. The van der Waals surface area contributed by atoms with E-state index in [0.29, 0.717) is 12.3 Å². The number of aliphatic hydroxyl groups is 2. The van der Waals surface area contributed by atoms with Gasteiger partial charge in [-0.2, -0.15) is 0 Å². The maximum Gasteiger partial charge on any atom is 0.217 e. The number of rotatable bonds is 11. The third-order valence-corrected chi connectivity index (χ3v) is 7.83. The van der Waals surface area contributed by atoms with Crippen molar-refractivity contribution in [3.63, 3.8) is 0 Å². The topological polar surface area (TPSA) is 65.8 Å². The zero-order valence-corrected chi connectivity index (χ0v) is 23.5. The van der Waals surface area contributed by atoms with E-state index in [1.165, 1.54) is 0 Å². The predicted molar refractivity (Wildman–Crippen MR) is 163 cm³/mol. The van der Waals surface area contributed by atoms with Gasteiger partial charge in [-0.1, -0.05) is 72.8 Å². The van der Waals surface area contributed by atoms with Crippen molar-refractivity contribution in [2.45, 2.75) is 37.4 Å². The minimum atomic E-state index is -1.24. The molecule has 0 aliphatic carbocycles. The summed E-state index contributed by atoms with van der Waals surface area (Å²) in [5, 5.41) is 25.9. The summed E-state index contributed by atoms with van der Waals surface area (Å²) in [5.74, 6) is 0.0458. The van der Waals surface area contributed by atoms with Crippen LogP contribution in [0.4, 0.5) is 0 Å².